The number of carbonyl (C=O) groups is 1. The molecule has 1 amide bonds. The van der Waals surface area contributed by atoms with Gasteiger partial charge in [-0.1, -0.05) is 73.3 Å². The average molecular weight is 645 g/mol. The predicted molar refractivity (Wildman–Crippen MR) is 155 cm³/mol. The first kappa shape index (κ1) is 30.1. The van der Waals surface area contributed by atoms with Gasteiger partial charge in [0.2, 0.25) is 0 Å². The highest BCUT2D eigenvalue weighted by molar-refractivity contribution is 9.10. The highest BCUT2D eigenvalue weighted by atomic mass is 79.9. The zero-order valence-corrected chi connectivity index (χ0v) is 26.7. The van der Waals surface area contributed by atoms with Crippen LogP contribution in [0, 0.1) is 24.1 Å². The Hall–Kier alpha value is -1.83. The second-order valence-electron chi connectivity index (χ2n) is 12.7. The Kier molecular flexibility index (Phi) is 8.14. The molecule has 1 aromatic heterocycles. The molecular weight excluding hydrogens is 608 g/mol. The molecule has 4 atom stereocenters. The topological polar surface area (TPSA) is 104 Å². The van der Waals surface area contributed by atoms with Crippen LogP contribution in [0.5, 0.6) is 0 Å². The summed E-state index contributed by atoms with van der Waals surface area (Å²) in [7, 11) is -1.47. The maximum Gasteiger partial charge on any atom is 0.415 e. The Morgan fingerprint density at radius 1 is 1.38 bits per heavy atom. The number of hydrogen-bond donors (Lipinski definition) is 2. The predicted octanol–water partition coefficient (Wildman–Crippen LogP) is 6.90. The van der Waals surface area contributed by atoms with Gasteiger partial charge >= 0.3 is 6.09 Å². The molecule has 1 aliphatic heterocycles. The molecule has 8 nitrogen and oxygen atoms in total. The molecule has 0 saturated heterocycles. The summed E-state index contributed by atoms with van der Waals surface area (Å²) in [6.45, 7) is 13.5. The minimum atomic E-state index is -1.66. The van der Waals surface area contributed by atoms with Gasteiger partial charge in [-0.05, 0) is 37.6 Å². The van der Waals surface area contributed by atoms with Crippen molar-refractivity contribution < 1.29 is 23.4 Å². The number of rotatable bonds is 8. The van der Waals surface area contributed by atoms with E-state index in [2.05, 4.69) is 51.0 Å². The number of aliphatic imine (C=N–C) groups is 1. The SMILES string of the molecule is Cc1[nH]nnc1[C@]12C[C@H]1[C@@](CF)(c1cc(Br)ccc1F)N=C(N(C(=O)O)C(OCC[Si](C)(C)C)C(C)(C)C)S2. The van der Waals surface area contributed by atoms with Crippen LogP contribution in [0.25, 0.3) is 0 Å². The van der Waals surface area contributed by atoms with Gasteiger partial charge < -0.3 is 9.84 Å². The van der Waals surface area contributed by atoms with Crippen LogP contribution in [0.3, 0.4) is 0 Å². The van der Waals surface area contributed by atoms with Gasteiger partial charge in [-0.3, -0.25) is 5.10 Å². The number of halogens is 3. The van der Waals surface area contributed by atoms with Crippen LogP contribution < -0.4 is 0 Å². The molecule has 2 aliphatic rings. The molecule has 1 fully saturated rings. The summed E-state index contributed by atoms with van der Waals surface area (Å²) in [6, 6.07) is 5.18. The van der Waals surface area contributed by atoms with E-state index >= 15 is 8.78 Å². The number of aromatic nitrogens is 3. The lowest BCUT2D eigenvalue weighted by atomic mass is 9.84. The number of benzene rings is 1. The molecule has 4 rings (SSSR count). The van der Waals surface area contributed by atoms with Crippen molar-refractivity contribution in [1.82, 2.24) is 20.3 Å². The quantitative estimate of drug-likeness (QED) is 0.239. The lowest BCUT2D eigenvalue weighted by Crippen LogP contribution is -2.53. The third kappa shape index (κ3) is 5.69. The fourth-order valence-corrected chi connectivity index (χ4v) is 7.96. The van der Waals surface area contributed by atoms with Crippen LogP contribution >= 0.6 is 27.7 Å². The number of alkyl halides is 1. The highest BCUT2D eigenvalue weighted by Crippen LogP contribution is 2.72. The molecule has 1 aliphatic carbocycles. The number of aromatic amines is 1. The zero-order valence-electron chi connectivity index (χ0n) is 23.3. The molecule has 39 heavy (non-hydrogen) atoms. The number of amides is 1. The van der Waals surface area contributed by atoms with E-state index in [1.54, 1.807) is 6.07 Å². The first-order valence-electron chi connectivity index (χ1n) is 12.9. The van der Waals surface area contributed by atoms with Crippen LogP contribution in [0.2, 0.25) is 25.7 Å². The van der Waals surface area contributed by atoms with Crippen molar-refractivity contribution >= 4 is 47.0 Å². The van der Waals surface area contributed by atoms with Gasteiger partial charge in [-0.25, -0.2) is 23.5 Å². The number of nitrogens with zero attached hydrogens (tertiary/aromatic N) is 4. The molecular formula is C26H36BrF2N5O3SSi. The van der Waals surface area contributed by atoms with Crippen LogP contribution in [0.1, 0.15) is 44.1 Å². The smallest absolute Gasteiger partial charge is 0.415 e. The van der Waals surface area contributed by atoms with Crippen molar-refractivity contribution in [2.75, 3.05) is 13.3 Å². The molecule has 0 spiro atoms. The number of nitrogens with one attached hydrogen (secondary N) is 1. The van der Waals surface area contributed by atoms with Gasteiger partial charge in [0.15, 0.2) is 5.17 Å². The van der Waals surface area contributed by atoms with Crippen LogP contribution in [-0.2, 0) is 15.0 Å². The summed E-state index contributed by atoms with van der Waals surface area (Å²) in [5.74, 6) is -1.07. The lowest BCUT2D eigenvalue weighted by Gasteiger charge is -2.42. The maximum absolute atomic E-state index is 15.4. The van der Waals surface area contributed by atoms with E-state index in [0.717, 1.165) is 10.9 Å². The van der Waals surface area contributed by atoms with Gasteiger partial charge in [0, 0.05) is 36.0 Å². The standard InChI is InChI=1S/C26H36BrF2N5O3SSi/c1-15-20(32-33-31-15)26-13-19(26)25(14-28,17-12-16(27)8-9-18(17)29)30-22(38-26)34(23(35)36)21(24(2,3)4)37-10-11-39(5,6)7/h8-9,12,19,21H,10-11,13-14H2,1-7H3,(H,35,36)(H,31,32,33)/t19-,21?,25+,26-/m0/s1. The molecule has 2 aromatic rings. The minimum absolute atomic E-state index is 0.0589. The fraction of sp³-hybridized carbons (Fsp3) is 0.615. The van der Waals surface area contributed by atoms with E-state index in [0.29, 0.717) is 28.9 Å². The van der Waals surface area contributed by atoms with Gasteiger partial charge in [-0.15, -0.1) is 5.10 Å². The summed E-state index contributed by atoms with van der Waals surface area (Å²) in [5.41, 5.74) is -0.946. The highest BCUT2D eigenvalue weighted by Gasteiger charge is 2.71. The molecule has 214 valence electrons. The van der Waals surface area contributed by atoms with Crippen LogP contribution in [0.15, 0.2) is 27.7 Å². The lowest BCUT2D eigenvalue weighted by molar-refractivity contribution is -0.0761. The van der Waals surface area contributed by atoms with Crippen LogP contribution in [-0.4, -0.2) is 64.3 Å². The maximum atomic E-state index is 15.4. The van der Waals surface area contributed by atoms with E-state index in [4.69, 9.17) is 9.73 Å². The average Bonchev–Trinajstić information content (AvgIpc) is 3.41. The Balaban J connectivity index is 1.89. The van der Waals surface area contributed by atoms with E-state index < -0.39 is 54.5 Å². The monoisotopic (exact) mass is 643 g/mol. The zero-order chi connectivity index (χ0) is 29.0. The second-order valence-corrected chi connectivity index (χ2v) is 20.5. The van der Waals surface area contributed by atoms with E-state index in [9.17, 15) is 9.90 Å². The van der Waals surface area contributed by atoms with Crippen LogP contribution in [0.4, 0.5) is 13.6 Å². The van der Waals surface area contributed by atoms with E-state index in [1.807, 2.05) is 27.7 Å². The summed E-state index contributed by atoms with van der Waals surface area (Å²) >= 11 is 4.61. The Labute approximate surface area is 241 Å². The normalized spacial score (nSPS) is 25.6. The number of ether oxygens (including phenoxy) is 1. The molecule has 1 unspecified atom stereocenters. The van der Waals surface area contributed by atoms with Crippen molar-refractivity contribution in [3.05, 3.63) is 45.4 Å². The second kappa shape index (κ2) is 10.5. The molecule has 0 bridgehead atoms. The largest absolute Gasteiger partial charge is 0.465 e. The van der Waals surface area contributed by atoms with Crippen molar-refractivity contribution in [1.29, 1.82) is 0 Å². The fourth-order valence-electron chi connectivity index (χ4n) is 5.18. The minimum Gasteiger partial charge on any atom is -0.465 e. The van der Waals surface area contributed by atoms with Crippen molar-refractivity contribution in [3.8, 4) is 0 Å². The molecule has 1 aromatic carbocycles. The molecule has 2 heterocycles. The summed E-state index contributed by atoms with van der Waals surface area (Å²) in [5, 5.41) is 21.7. The summed E-state index contributed by atoms with van der Waals surface area (Å²) in [4.78, 5) is 18.8. The van der Waals surface area contributed by atoms with Crippen molar-refractivity contribution in [2.45, 2.75) is 76.3 Å². The van der Waals surface area contributed by atoms with Crippen molar-refractivity contribution in [3.63, 3.8) is 0 Å². The first-order chi connectivity index (χ1) is 18.1. The van der Waals surface area contributed by atoms with Gasteiger partial charge in [0.1, 0.15) is 30.0 Å². The van der Waals surface area contributed by atoms with Gasteiger partial charge in [-0.2, -0.15) is 0 Å². The number of fused-ring (bicyclic) bond motifs is 1. The molecule has 13 heteroatoms. The Morgan fingerprint density at radius 2 is 2.08 bits per heavy atom. The Morgan fingerprint density at radius 3 is 2.62 bits per heavy atom. The van der Waals surface area contributed by atoms with Gasteiger partial charge in [0.05, 0.1) is 10.4 Å². The van der Waals surface area contributed by atoms with E-state index in [1.165, 1.54) is 23.9 Å². The molecule has 0 radical (unpaired) electrons. The summed E-state index contributed by atoms with van der Waals surface area (Å²) in [6.07, 6.45) is -1.76. The first-order valence-corrected chi connectivity index (χ1v) is 18.2. The number of aryl methyl sites for hydroxylation is 1. The Bertz CT molecular complexity index is 1280. The number of carboxylic acid groups (broad SMARTS) is 1. The third-order valence-electron chi connectivity index (χ3n) is 7.29. The number of H-pyrrole nitrogens is 1. The number of amidine groups is 1. The van der Waals surface area contributed by atoms with Gasteiger partial charge in [0.25, 0.3) is 0 Å². The summed E-state index contributed by atoms with van der Waals surface area (Å²) < 4.78 is 36.8. The van der Waals surface area contributed by atoms with Crippen molar-refractivity contribution in [2.24, 2.45) is 16.3 Å². The van der Waals surface area contributed by atoms with E-state index in [-0.39, 0.29) is 10.7 Å². The number of thioether (sulfide) groups is 1. The number of hydrogen-bond acceptors (Lipinski definition) is 6. The third-order valence-corrected chi connectivity index (χ3v) is 11.0. The molecule has 1 saturated carbocycles. The molecule has 2 N–H and O–H groups in total.